The lowest BCUT2D eigenvalue weighted by molar-refractivity contribution is 0.102. The number of nitrogens with one attached hydrogen (secondary N) is 1. The number of carbonyl (C=O) groups excluding carboxylic acids is 1. The van der Waals surface area contributed by atoms with Crippen LogP contribution in [0, 0.1) is 0 Å². The number of rotatable bonds is 6. The lowest BCUT2D eigenvalue weighted by atomic mass is 10.0. The number of piperidine rings is 1. The van der Waals surface area contributed by atoms with Crippen LogP contribution in [0.5, 0.6) is 5.75 Å². The number of anilines is 2. The second-order valence-electron chi connectivity index (χ2n) is 6.41. The van der Waals surface area contributed by atoms with E-state index < -0.39 is 0 Å². The van der Waals surface area contributed by atoms with E-state index in [1.165, 1.54) is 12.8 Å². The first kappa shape index (κ1) is 18.2. The summed E-state index contributed by atoms with van der Waals surface area (Å²) >= 11 is 0. The van der Waals surface area contributed by atoms with Crippen molar-refractivity contribution in [3.63, 3.8) is 0 Å². The lowest BCUT2D eigenvalue weighted by Gasteiger charge is -2.35. The van der Waals surface area contributed by atoms with Gasteiger partial charge in [-0.3, -0.25) is 4.79 Å². The number of carbonyl (C=O) groups is 1. The normalized spacial score (nSPS) is 17.0. The molecule has 6 heteroatoms. The molecule has 138 valence electrons. The third kappa shape index (κ3) is 4.12. The van der Waals surface area contributed by atoms with E-state index in [2.05, 4.69) is 27.1 Å². The molecule has 1 atom stereocenters. The first-order valence-electron chi connectivity index (χ1n) is 9.34. The van der Waals surface area contributed by atoms with Crippen LogP contribution >= 0.6 is 0 Å². The topological polar surface area (TPSA) is 67.3 Å². The molecule has 1 fully saturated rings. The second-order valence-corrected chi connectivity index (χ2v) is 6.41. The smallest absolute Gasteiger partial charge is 0.258 e. The predicted octanol–water partition coefficient (Wildman–Crippen LogP) is 3.90. The van der Waals surface area contributed by atoms with Crippen molar-refractivity contribution in [2.45, 2.75) is 45.6 Å². The number of ether oxygens (including phenoxy) is 1. The molecule has 1 amide bonds. The average molecular weight is 354 g/mol. The SMILES string of the molecule is CCOc1ccccc1NC(=O)c1cnc(N2CCCCC2CC)nc1. The summed E-state index contributed by atoms with van der Waals surface area (Å²) in [4.78, 5) is 23.7. The molecule has 1 aliphatic heterocycles. The summed E-state index contributed by atoms with van der Waals surface area (Å²) in [6.07, 6.45) is 7.88. The third-order valence-corrected chi connectivity index (χ3v) is 4.69. The Labute approximate surface area is 154 Å². The highest BCUT2D eigenvalue weighted by molar-refractivity contribution is 6.04. The van der Waals surface area contributed by atoms with Crippen LogP contribution in [0.25, 0.3) is 0 Å². The van der Waals surface area contributed by atoms with Crippen LogP contribution in [-0.2, 0) is 0 Å². The molecule has 1 N–H and O–H groups in total. The molecule has 0 bridgehead atoms. The number of aromatic nitrogens is 2. The molecule has 26 heavy (non-hydrogen) atoms. The standard InChI is InChI=1S/C20H26N4O2/c1-3-16-9-7-8-12-24(16)20-21-13-15(14-22-20)19(25)23-17-10-5-6-11-18(17)26-4-2/h5-6,10-11,13-14,16H,3-4,7-9,12H2,1-2H3,(H,23,25). The van der Waals surface area contributed by atoms with Gasteiger partial charge in [0.2, 0.25) is 5.95 Å². The van der Waals surface area contributed by atoms with Gasteiger partial charge in [-0.05, 0) is 44.7 Å². The van der Waals surface area contributed by atoms with E-state index in [0.717, 1.165) is 19.4 Å². The van der Waals surface area contributed by atoms with E-state index >= 15 is 0 Å². The van der Waals surface area contributed by atoms with Crippen LogP contribution in [0.1, 0.15) is 49.9 Å². The summed E-state index contributed by atoms with van der Waals surface area (Å²) in [6.45, 7) is 5.63. The van der Waals surface area contributed by atoms with E-state index in [4.69, 9.17) is 4.74 Å². The number of benzene rings is 1. The van der Waals surface area contributed by atoms with Gasteiger partial charge >= 0.3 is 0 Å². The molecule has 0 radical (unpaired) electrons. The van der Waals surface area contributed by atoms with E-state index in [0.29, 0.717) is 35.6 Å². The van der Waals surface area contributed by atoms with E-state index in [1.807, 2.05) is 31.2 Å². The molecular formula is C20H26N4O2. The molecule has 1 unspecified atom stereocenters. The minimum atomic E-state index is -0.241. The molecule has 1 saturated heterocycles. The Morgan fingerprint density at radius 3 is 2.73 bits per heavy atom. The van der Waals surface area contributed by atoms with Gasteiger partial charge in [0, 0.05) is 25.0 Å². The molecule has 1 aromatic heterocycles. The monoisotopic (exact) mass is 354 g/mol. The van der Waals surface area contributed by atoms with Crippen LogP contribution in [-0.4, -0.2) is 35.1 Å². The van der Waals surface area contributed by atoms with Crippen LogP contribution in [0.3, 0.4) is 0 Å². The number of hydrogen-bond donors (Lipinski definition) is 1. The molecule has 1 aromatic carbocycles. The Morgan fingerprint density at radius 2 is 2.00 bits per heavy atom. The van der Waals surface area contributed by atoms with Gasteiger partial charge in [0.25, 0.3) is 5.91 Å². The zero-order valence-electron chi connectivity index (χ0n) is 15.4. The Balaban J connectivity index is 1.71. The maximum Gasteiger partial charge on any atom is 0.258 e. The molecular weight excluding hydrogens is 328 g/mol. The number of nitrogens with zero attached hydrogens (tertiary/aromatic N) is 3. The Morgan fingerprint density at radius 1 is 1.23 bits per heavy atom. The zero-order chi connectivity index (χ0) is 18.4. The summed E-state index contributed by atoms with van der Waals surface area (Å²) in [5, 5.41) is 2.87. The first-order chi connectivity index (χ1) is 12.7. The summed E-state index contributed by atoms with van der Waals surface area (Å²) in [7, 11) is 0. The van der Waals surface area contributed by atoms with Gasteiger partial charge in [0.1, 0.15) is 5.75 Å². The van der Waals surface area contributed by atoms with E-state index in [1.54, 1.807) is 12.4 Å². The zero-order valence-corrected chi connectivity index (χ0v) is 15.4. The molecule has 6 nitrogen and oxygen atoms in total. The van der Waals surface area contributed by atoms with Gasteiger partial charge in [-0.2, -0.15) is 0 Å². The summed E-state index contributed by atoms with van der Waals surface area (Å²) in [5.41, 5.74) is 1.08. The summed E-state index contributed by atoms with van der Waals surface area (Å²) in [6, 6.07) is 7.87. The van der Waals surface area contributed by atoms with E-state index in [-0.39, 0.29) is 5.91 Å². The van der Waals surface area contributed by atoms with Crippen LogP contribution in [0.2, 0.25) is 0 Å². The highest BCUT2D eigenvalue weighted by atomic mass is 16.5. The number of hydrogen-bond acceptors (Lipinski definition) is 5. The van der Waals surface area contributed by atoms with Gasteiger partial charge in [0.05, 0.1) is 17.9 Å². The highest BCUT2D eigenvalue weighted by Gasteiger charge is 2.23. The Kier molecular flexibility index (Phi) is 6.04. The second kappa shape index (κ2) is 8.65. The van der Waals surface area contributed by atoms with Crippen molar-refractivity contribution in [1.82, 2.24) is 9.97 Å². The van der Waals surface area contributed by atoms with Gasteiger partial charge in [-0.25, -0.2) is 9.97 Å². The maximum atomic E-state index is 12.5. The average Bonchev–Trinajstić information content (AvgIpc) is 2.69. The quantitative estimate of drug-likeness (QED) is 0.852. The van der Waals surface area contributed by atoms with Crippen molar-refractivity contribution < 1.29 is 9.53 Å². The first-order valence-corrected chi connectivity index (χ1v) is 9.34. The third-order valence-electron chi connectivity index (χ3n) is 4.69. The van der Waals surface area contributed by atoms with Crippen LogP contribution in [0.4, 0.5) is 11.6 Å². The van der Waals surface area contributed by atoms with Crippen molar-refractivity contribution in [1.29, 1.82) is 0 Å². The minimum absolute atomic E-state index is 0.241. The van der Waals surface area contributed by atoms with Crippen LogP contribution in [0.15, 0.2) is 36.7 Å². The molecule has 2 aromatic rings. The molecule has 0 spiro atoms. The van der Waals surface area contributed by atoms with Crippen molar-refractivity contribution in [2.75, 3.05) is 23.4 Å². The van der Waals surface area contributed by atoms with Crippen molar-refractivity contribution in [2.24, 2.45) is 0 Å². The lowest BCUT2D eigenvalue weighted by Crippen LogP contribution is -2.40. The predicted molar refractivity (Wildman–Crippen MR) is 103 cm³/mol. The Bertz CT molecular complexity index is 733. The van der Waals surface area contributed by atoms with Gasteiger partial charge in [-0.15, -0.1) is 0 Å². The van der Waals surface area contributed by atoms with Gasteiger partial charge in [0.15, 0.2) is 0 Å². The Hall–Kier alpha value is -2.63. The minimum Gasteiger partial charge on any atom is -0.492 e. The summed E-state index contributed by atoms with van der Waals surface area (Å²) < 4.78 is 5.54. The highest BCUT2D eigenvalue weighted by Crippen LogP contribution is 2.25. The number of amides is 1. The van der Waals surface area contributed by atoms with E-state index in [9.17, 15) is 4.79 Å². The van der Waals surface area contributed by atoms with Crippen LogP contribution < -0.4 is 15.0 Å². The fourth-order valence-corrected chi connectivity index (χ4v) is 3.32. The molecule has 1 aliphatic rings. The molecule has 2 heterocycles. The fourth-order valence-electron chi connectivity index (χ4n) is 3.32. The van der Waals surface area contributed by atoms with Crippen molar-refractivity contribution in [3.8, 4) is 5.75 Å². The fraction of sp³-hybridized carbons (Fsp3) is 0.450. The molecule has 0 aliphatic carbocycles. The number of para-hydroxylation sites is 2. The summed E-state index contributed by atoms with van der Waals surface area (Å²) in [5.74, 6) is 1.12. The van der Waals surface area contributed by atoms with Gasteiger partial charge in [-0.1, -0.05) is 19.1 Å². The molecule has 3 rings (SSSR count). The largest absolute Gasteiger partial charge is 0.492 e. The maximum absolute atomic E-state index is 12.5. The van der Waals surface area contributed by atoms with Crippen molar-refractivity contribution in [3.05, 3.63) is 42.2 Å². The molecule has 0 saturated carbocycles. The van der Waals surface area contributed by atoms with Gasteiger partial charge < -0.3 is 15.0 Å². The van der Waals surface area contributed by atoms with Crippen molar-refractivity contribution >= 4 is 17.5 Å².